The number of hydrogen-bond donors (Lipinski definition) is 0. The van der Waals surface area contributed by atoms with Crippen LogP contribution in [0.1, 0.15) is 0 Å². The Kier molecular flexibility index (Phi) is 5.87. The summed E-state index contributed by atoms with van der Waals surface area (Å²) in [7, 11) is 0. The van der Waals surface area contributed by atoms with Gasteiger partial charge in [-0.15, -0.1) is 0 Å². The molecule has 3 nitrogen and oxygen atoms in total. The average molecular weight is 612 g/mol. The number of benzene rings is 7. The van der Waals surface area contributed by atoms with Crippen molar-refractivity contribution in [1.29, 1.82) is 0 Å². The number of pyridine rings is 1. The maximum atomic E-state index is 4.61. The number of rotatable bonds is 4. The second kappa shape index (κ2) is 10.5. The molecular formula is C45H29N3. The van der Waals surface area contributed by atoms with Crippen LogP contribution in [-0.4, -0.2) is 14.1 Å². The molecule has 3 heterocycles. The summed E-state index contributed by atoms with van der Waals surface area (Å²) in [6.45, 7) is 0. The van der Waals surface area contributed by atoms with Gasteiger partial charge in [0.2, 0.25) is 0 Å². The van der Waals surface area contributed by atoms with Gasteiger partial charge in [-0.05, 0) is 70.8 Å². The zero-order chi connectivity index (χ0) is 31.6. The van der Waals surface area contributed by atoms with Gasteiger partial charge in [0.05, 0.1) is 34.0 Å². The molecule has 0 spiro atoms. The van der Waals surface area contributed by atoms with Crippen LogP contribution >= 0.6 is 0 Å². The van der Waals surface area contributed by atoms with Gasteiger partial charge in [0.1, 0.15) is 0 Å². The lowest BCUT2D eigenvalue weighted by Gasteiger charge is -2.11. The number of hydrogen-bond acceptors (Lipinski definition) is 1. The molecule has 0 bridgehead atoms. The first-order chi connectivity index (χ1) is 23.8. The van der Waals surface area contributed by atoms with E-state index in [1.54, 1.807) is 0 Å². The van der Waals surface area contributed by atoms with E-state index < -0.39 is 0 Å². The summed E-state index contributed by atoms with van der Waals surface area (Å²) >= 11 is 0. The van der Waals surface area contributed by atoms with Crippen LogP contribution in [0.15, 0.2) is 176 Å². The highest BCUT2D eigenvalue weighted by Crippen LogP contribution is 2.38. The molecule has 3 heteroatoms. The molecule has 0 amide bonds. The molecule has 0 fully saturated rings. The third kappa shape index (κ3) is 4.04. The monoisotopic (exact) mass is 611 g/mol. The molecule has 0 atom stereocenters. The average Bonchev–Trinajstić information content (AvgIpc) is 3.67. The van der Waals surface area contributed by atoms with E-state index in [9.17, 15) is 0 Å². The number of aromatic nitrogens is 3. The third-order valence-corrected chi connectivity index (χ3v) is 9.80. The fourth-order valence-corrected chi connectivity index (χ4v) is 7.55. The normalized spacial score (nSPS) is 11.8. The smallest absolute Gasteiger partial charge is 0.0723 e. The molecule has 0 radical (unpaired) electrons. The van der Waals surface area contributed by atoms with E-state index in [0.29, 0.717) is 0 Å². The molecule has 0 N–H and O–H groups in total. The highest BCUT2D eigenvalue weighted by molar-refractivity contribution is 6.12. The van der Waals surface area contributed by atoms with E-state index >= 15 is 0 Å². The minimum atomic E-state index is 1.10. The molecule has 0 aliphatic heterocycles. The predicted octanol–water partition coefficient (Wildman–Crippen LogP) is 11.8. The summed E-state index contributed by atoms with van der Waals surface area (Å²) in [5.74, 6) is 0. The topological polar surface area (TPSA) is 22.8 Å². The maximum Gasteiger partial charge on any atom is 0.0723 e. The minimum Gasteiger partial charge on any atom is -0.309 e. The van der Waals surface area contributed by atoms with Crippen molar-refractivity contribution in [1.82, 2.24) is 14.1 Å². The molecule has 10 rings (SSSR count). The van der Waals surface area contributed by atoms with Crippen molar-refractivity contribution >= 4 is 54.4 Å². The van der Waals surface area contributed by atoms with Gasteiger partial charge < -0.3 is 9.13 Å². The van der Waals surface area contributed by atoms with Gasteiger partial charge in [-0.2, -0.15) is 0 Å². The van der Waals surface area contributed by atoms with Crippen molar-refractivity contribution in [2.24, 2.45) is 0 Å². The van der Waals surface area contributed by atoms with Gasteiger partial charge in [-0.1, -0.05) is 115 Å². The first-order valence-corrected chi connectivity index (χ1v) is 16.4. The Bertz CT molecular complexity index is 2820. The summed E-state index contributed by atoms with van der Waals surface area (Å²) < 4.78 is 4.72. The standard InChI is InChI=1S/C45H29N3/c1-2-11-35(12-3-1)47-41-16-8-6-14-37(41)39-26-32(22-24-43(39)47)30-18-20-31(21-19-30)33-23-25-44-40(27-33)38-15-7-9-17-42(38)48(44)45-29-46-28-34-10-4-5-13-36(34)45/h1-29H. The first-order valence-electron chi connectivity index (χ1n) is 16.4. The molecule has 48 heavy (non-hydrogen) atoms. The second-order valence-electron chi connectivity index (χ2n) is 12.5. The zero-order valence-electron chi connectivity index (χ0n) is 26.1. The third-order valence-electron chi connectivity index (χ3n) is 9.80. The Morgan fingerprint density at radius 2 is 0.812 bits per heavy atom. The fourth-order valence-electron chi connectivity index (χ4n) is 7.55. The van der Waals surface area contributed by atoms with Gasteiger partial charge >= 0.3 is 0 Å². The molecule has 0 unspecified atom stereocenters. The largest absolute Gasteiger partial charge is 0.309 e. The first kappa shape index (κ1) is 26.7. The molecule has 7 aromatic carbocycles. The van der Waals surface area contributed by atoms with Gasteiger partial charge in [0, 0.05) is 44.2 Å². The molecule has 0 saturated carbocycles. The Morgan fingerprint density at radius 1 is 0.333 bits per heavy atom. The summed E-state index contributed by atoms with van der Waals surface area (Å²) in [6, 6.07) is 59.2. The van der Waals surface area contributed by atoms with Gasteiger partial charge in [0.25, 0.3) is 0 Å². The molecule has 0 aliphatic rings. The van der Waals surface area contributed by atoms with E-state index in [1.165, 1.54) is 76.9 Å². The SMILES string of the molecule is c1ccc(-n2c3ccccc3c3cc(-c4ccc(-c5ccc6c(c5)c5ccccc5n6-c5cncc6ccccc56)cc4)ccc32)cc1. The fraction of sp³-hybridized carbons (Fsp3) is 0. The molecular weight excluding hydrogens is 583 g/mol. The van der Waals surface area contributed by atoms with Gasteiger partial charge in [0.15, 0.2) is 0 Å². The second-order valence-corrected chi connectivity index (χ2v) is 12.5. The van der Waals surface area contributed by atoms with Crippen molar-refractivity contribution in [3.8, 4) is 33.6 Å². The Morgan fingerprint density at radius 3 is 1.46 bits per heavy atom. The van der Waals surface area contributed by atoms with Crippen LogP contribution in [0, 0.1) is 0 Å². The predicted molar refractivity (Wildman–Crippen MR) is 201 cm³/mol. The van der Waals surface area contributed by atoms with E-state index in [2.05, 4.69) is 178 Å². The lowest BCUT2D eigenvalue weighted by atomic mass is 9.98. The van der Waals surface area contributed by atoms with Crippen LogP contribution in [0.4, 0.5) is 0 Å². The lowest BCUT2D eigenvalue weighted by molar-refractivity contribution is 1.16. The van der Waals surface area contributed by atoms with Crippen molar-refractivity contribution in [3.63, 3.8) is 0 Å². The van der Waals surface area contributed by atoms with E-state index in [-0.39, 0.29) is 0 Å². The highest BCUT2D eigenvalue weighted by atomic mass is 15.0. The van der Waals surface area contributed by atoms with E-state index in [0.717, 1.165) is 11.1 Å². The van der Waals surface area contributed by atoms with Crippen molar-refractivity contribution in [2.45, 2.75) is 0 Å². The zero-order valence-corrected chi connectivity index (χ0v) is 26.1. The molecule has 0 saturated heterocycles. The van der Waals surface area contributed by atoms with Gasteiger partial charge in [-0.25, -0.2) is 0 Å². The van der Waals surface area contributed by atoms with E-state index in [1.807, 2.05) is 12.4 Å². The lowest BCUT2D eigenvalue weighted by Crippen LogP contribution is -1.96. The Hall–Kier alpha value is -6.45. The van der Waals surface area contributed by atoms with E-state index in [4.69, 9.17) is 0 Å². The van der Waals surface area contributed by atoms with Crippen molar-refractivity contribution < 1.29 is 0 Å². The quantitative estimate of drug-likeness (QED) is 0.194. The van der Waals surface area contributed by atoms with Crippen LogP contribution < -0.4 is 0 Å². The molecule has 0 aliphatic carbocycles. The molecule has 224 valence electrons. The number of nitrogens with zero attached hydrogens (tertiary/aromatic N) is 3. The summed E-state index contributed by atoms with van der Waals surface area (Å²) in [6.07, 6.45) is 3.92. The Labute approximate surface area is 277 Å². The van der Waals surface area contributed by atoms with Crippen LogP contribution in [0.2, 0.25) is 0 Å². The van der Waals surface area contributed by atoms with Crippen LogP contribution in [0.5, 0.6) is 0 Å². The number of fused-ring (bicyclic) bond motifs is 7. The van der Waals surface area contributed by atoms with Crippen LogP contribution in [0.25, 0.3) is 88.0 Å². The summed E-state index contributed by atoms with van der Waals surface area (Å²) in [4.78, 5) is 4.61. The van der Waals surface area contributed by atoms with Crippen LogP contribution in [-0.2, 0) is 0 Å². The van der Waals surface area contributed by atoms with Crippen molar-refractivity contribution in [3.05, 3.63) is 176 Å². The minimum absolute atomic E-state index is 1.10. The molecule has 10 aromatic rings. The van der Waals surface area contributed by atoms with Crippen molar-refractivity contribution in [2.75, 3.05) is 0 Å². The highest BCUT2D eigenvalue weighted by Gasteiger charge is 2.16. The number of para-hydroxylation sites is 3. The summed E-state index contributed by atoms with van der Waals surface area (Å²) in [5, 5.41) is 7.33. The summed E-state index contributed by atoms with van der Waals surface area (Å²) in [5.41, 5.74) is 11.9. The maximum absolute atomic E-state index is 4.61. The Balaban J connectivity index is 1.07. The van der Waals surface area contributed by atoms with Gasteiger partial charge in [-0.3, -0.25) is 4.98 Å². The molecule has 3 aromatic heterocycles. The van der Waals surface area contributed by atoms with Crippen LogP contribution in [0.3, 0.4) is 0 Å².